The van der Waals surface area contributed by atoms with E-state index in [-0.39, 0.29) is 17.3 Å². The van der Waals surface area contributed by atoms with Gasteiger partial charge in [0.2, 0.25) is 0 Å². The lowest BCUT2D eigenvalue weighted by molar-refractivity contribution is 0.506. The number of alkyl halides is 4. The van der Waals surface area contributed by atoms with E-state index in [1.807, 2.05) is 0 Å². The fourth-order valence-electron chi connectivity index (χ4n) is 4.07. The van der Waals surface area contributed by atoms with Crippen LogP contribution in [-0.2, 0) is 10.8 Å². The van der Waals surface area contributed by atoms with Crippen molar-refractivity contribution in [3.8, 4) is 0 Å². The molecular formula is C18H14Br4. The van der Waals surface area contributed by atoms with Gasteiger partial charge < -0.3 is 0 Å². The second kappa shape index (κ2) is 4.93. The van der Waals surface area contributed by atoms with Crippen LogP contribution in [0.5, 0.6) is 0 Å². The van der Waals surface area contributed by atoms with Crippen LogP contribution in [0.1, 0.15) is 24.0 Å². The maximum absolute atomic E-state index is 3.95. The van der Waals surface area contributed by atoms with Crippen molar-refractivity contribution in [2.24, 2.45) is 0 Å². The van der Waals surface area contributed by atoms with Crippen molar-refractivity contribution in [2.45, 2.75) is 30.1 Å². The van der Waals surface area contributed by atoms with Gasteiger partial charge >= 0.3 is 0 Å². The molecule has 0 bridgehead atoms. The van der Waals surface area contributed by atoms with Crippen molar-refractivity contribution >= 4 is 63.7 Å². The minimum atomic E-state index is -0.0620. The van der Waals surface area contributed by atoms with Crippen molar-refractivity contribution < 1.29 is 0 Å². The molecule has 0 heterocycles. The van der Waals surface area contributed by atoms with E-state index >= 15 is 0 Å². The molecule has 2 atom stereocenters. The first-order valence-electron chi connectivity index (χ1n) is 7.24. The molecule has 4 heteroatoms. The van der Waals surface area contributed by atoms with Crippen LogP contribution in [0.25, 0.3) is 0 Å². The van der Waals surface area contributed by atoms with Gasteiger partial charge in [0.1, 0.15) is 0 Å². The van der Waals surface area contributed by atoms with E-state index in [1.165, 1.54) is 11.1 Å². The van der Waals surface area contributed by atoms with Gasteiger partial charge in [-0.25, -0.2) is 0 Å². The van der Waals surface area contributed by atoms with Gasteiger partial charge in [-0.05, 0) is 24.0 Å². The quantitative estimate of drug-likeness (QED) is 0.377. The normalized spacial score (nSPS) is 34.2. The lowest BCUT2D eigenvalue weighted by atomic mass is 9.75. The highest BCUT2D eigenvalue weighted by Gasteiger charge is 2.86. The predicted molar refractivity (Wildman–Crippen MR) is 107 cm³/mol. The Bertz CT molecular complexity index is 647. The highest BCUT2D eigenvalue weighted by molar-refractivity contribution is 9.26. The zero-order valence-electron chi connectivity index (χ0n) is 11.7. The molecule has 2 aliphatic carbocycles. The molecule has 2 aromatic rings. The Hall–Kier alpha value is 0.360. The molecule has 0 aliphatic heterocycles. The summed E-state index contributed by atoms with van der Waals surface area (Å²) >= 11 is 15.8. The summed E-state index contributed by atoms with van der Waals surface area (Å²) in [6.45, 7) is 0. The minimum absolute atomic E-state index is 0.0234. The van der Waals surface area contributed by atoms with E-state index in [4.69, 9.17) is 0 Å². The number of hydrogen-bond donors (Lipinski definition) is 0. The maximum Gasteiger partial charge on any atom is 0.0921 e. The van der Waals surface area contributed by atoms with E-state index in [0.29, 0.717) is 0 Å². The Kier molecular flexibility index (Phi) is 3.56. The summed E-state index contributed by atoms with van der Waals surface area (Å²) < 4.78 is -0.124. The third-order valence-electron chi connectivity index (χ3n) is 5.23. The lowest BCUT2D eigenvalue weighted by Crippen LogP contribution is -2.35. The molecule has 0 aromatic heterocycles. The first-order valence-corrected chi connectivity index (χ1v) is 10.4. The molecule has 2 fully saturated rings. The fraction of sp³-hybridized carbons (Fsp3) is 0.333. The average molecular weight is 550 g/mol. The van der Waals surface area contributed by atoms with Gasteiger partial charge in [0, 0.05) is 10.8 Å². The van der Waals surface area contributed by atoms with Crippen LogP contribution in [0.3, 0.4) is 0 Å². The van der Waals surface area contributed by atoms with E-state index < -0.39 is 0 Å². The molecule has 0 radical (unpaired) electrons. The van der Waals surface area contributed by atoms with Gasteiger partial charge in [-0.1, -0.05) is 124 Å². The van der Waals surface area contributed by atoms with E-state index in [1.54, 1.807) is 0 Å². The van der Waals surface area contributed by atoms with Crippen LogP contribution in [-0.4, -0.2) is 6.47 Å². The Labute approximate surface area is 164 Å². The summed E-state index contributed by atoms with van der Waals surface area (Å²) in [7, 11) is 0. The van der Waals surface area contributed by atoms with Gasteiger partial charge in [0.25, 0.3) is 0 Å². The molecule has 2 aliphatic rings. The molecule has 0 N–H and O–H groups in total. The third kappa shape index (κ3) is 1.90. The molecular weight excluding hydrogens is 536 g/mol. The first kappa shape index (κ1) is 15.9. The summed E-state index contributed by atoms with van der Waals surface area (Å²) in [5.41, 5.74) is 2.81. The second-order valence-electron chi connectivity index (χ2n) is 6.31. The molecule has 114 valence electrons. The molecule has 2 saturated carbocycles. The molecule has 2 aromatic carbocycles. The van der Waals surface area contributed by atoms with Crippen LogP contribution >= 0.6 is 63.7 Å². The molecule has 0 saturated heterocycles. The zero-order chi connectivity index (χ0) is 15.6. The monoisotopic (exact) mass is 546 g/mol. The van der Waals surface area contributed by atoms with E-state index in [9.17, 15) is 0 Å². The Morgan fingerprint density at radius 2 is 0.818 bits per heavy atom. The highest BCUT2D eigenvalue weighted by atomic mass is 79.9. The summed E-state index contributed by atoms with van der Waals surface area (Å²) in [5.74, 6) is 0. The summed E-state index contributed by atoms with van der Waals surface area (Å²) in [5, 5.41) is 0. The SMILES string of the molecule is BrC1(Br)C[C@@]1(c1ccccc1)[C@]1(c2ccccc2)CC1(Br)Br. The molecule has 4 rings (SSSR count). The molecule has 0 unspecified atom stereocenters. The van der Waals surface area contributed by atoms with Gasteiger partial charge in [-0.3, -0.25) is 0 Å². The van der Waals surface area contributed by atoms with Crippen molar-refractivity contribution in [1.29, 1.82) is 0 Å². The molecule has 0 spiro atoms. The number of halogens is 4. The van der Waals surface area contributed by atoms with E-state index in [2.05, 4.69) is 124 Å². The van der Waals surface area contributed by atoms with Crippen LogP contribution in [0, 0.1) is 0 Å². The van der Waals surface area contributed by atoms with Crippen molar-refractivity contribution in [1.82, 2.24) is 0 Å². The number of benzene rings is 2. The number of rotatable bonds is 3. The topological polar surface area (TPSA) is 0 Å². The summed E-state index contributed by atoms with van der Waals surface area (Å²) in [6, 6.07) is 21.7. The van der Waals surface area contributed by atoms with Gasteiger partial charge in [0.05, 0.1) is 6.47 Å². The largest absolute Gasteiger partial charge is 0.0921 e. The zero-order valence-corrected chi connectivity index (χ0v) is 18.0. The Morgan fingerprint density at radius 3 is 1.05 bits per heavy atom. The highest BCUT2D eigenvalue weighted by Crippen LogP contribution is 2.86. The van der Waals surface area contributed by atoms with Gasteiger partial charge in [-0.2, -0.15) is 0 Å². The molecule has 0 amide bonds. The Morgan fingerprint density at radius 1 is 0.545 bits per heavy atom. The smallest absolute Gasteiger partial charge is 0.0717 e. The van der Waals surface area contributed by atoms with Crippen molar-refractivity contribution in [2.75, 3.05) is 0 Å². The van der Waals surface area contributed by atoms with Crippen LogP contribution < -0.4 is 0 Å². The minimum Gasteiger partial charge on any atom is -0.0717 e. The standard InChI is InChI=1S/C18H14Br4/c19-17(20)11-15(17,13-7-3-1-4-8-13)16(12-18(16,21)22)14-9-5-2-6-10-14/h1-10H,11-12H2/t15-,16-/m1/s1. The molecule has 0 nitrogen and oxygen atoms in total. The van der Waals surface area contributed by atoms with Crippen LogP contribution in [0.4, 0.5) is 0 Å². The van der Waals surface area contributed by atoms with Crippen LogP contribution in [0.15, 0.2) is 60.7 Å². The van der Waals surface area contributed by atoms with Gasteiger partial charge in [0.15, 0.2) is 0 Å². The molecule has 22 heavy (non-hydrogen) atoms. The maximum atomic E-state index is 3.95. The van der Waals surface area contributed by atoms with Crippen molar-refractivity contribution in [3.05, 3.63) is 71.8 Å². The lowest BCUT2D eigenvalue weighted by Gasteiger charge is -2.32. The first-order chi connectivity index (χ1) is 10.4. The van der Waals surface area contributed by atoms with Crippen LogP contribution in [0.2, 0.25) is 0 Å². The van der Waals surface area contributed by atoms with Crippen molar-refractivity contribution in [3.63, 3.8) is 0 Å². The van der Waals surface area contributed by atoms with E-state index in [0.717, 1.165) is 12.8 Å². The second-order valence-corrected chi connectivity index (χ2v) is 13.8. The third-order valence-corrected chi connectivity index (χ3v) is 9.06. The fourth-order valence-corrected chi connectivity index (χ4v) is 8.02. The summed E-state index contributed by atoms with van der Waals surface area (Å²) in [6.07, 6.45) is 2.13. The Balaban J connectivity index is 1.94. The number of hydrogen-bond acceptors (Lipinski definition) is 0. The van der Waals surface area contributed by atoms with Gasteiger partial charge in [-0.15, -0.1) is 0 Å². The predicted octanol–water partition coefficient (Wildman–Crippen LogP) is 6.64. The summed E-state index contributed by atoms with van der Waals surface area (Å²) in [4.78, 5) is 0. The average Bonchev–Trinajstić information content (AvgIpc) is 3.31.